The van der Waals surface area contributed by atoms with E-state index < -0.39 is 58.7 Å². The molecule has 0 aliphatic carbocycles. The van der Waals surface area contributed by atoms with Crippen molar-refractivity contribution in [2.45, 2.75) is 18.4 Å². The number of halogens is 5. The van der Waals surface area contributed by atoms with Crippen LogP contribution in [0.15, 0.2) is 0 Å². The summed E-state index contributed by atoms with van der Waals surface area (Å²) in [6.45, 7) is 14.5. The number of nitrogens with two attached hydrogens (primary N) is 3. The number of nitrogens with one attached hydrogen (secondary N) is 1. The standard InChI is InChI=1S/C30H47F5N3O11.C6H14NO2.U/c1-30(20-47-18-16-45-14-12-43-8-4-36,21-48-19-17-46-15-13-44-9-5-37)38-22(39)2-6-41-10-11-42-7-3-23(40)49-29-27(34)25(32)24(31)26(33)28(29)35;1-2-8-5-6-9-4-3-7;/h1-21,36-37H2,(H,38,39);1-7H2;/q2*-1;+2. The van der Waals surface area contributed by atoms with Gasteiger partial charge >= 0.3 is 37.1 Å². The molecule has 0 unspecified atom stereocenters. The first-order valence-electron chi connectivity index (χ1n) is 18.5. The number of benzene rings is 1. The Bertz CT molecular complexity index is 1150. The van der Waals surface area contributed by atoms with Crippen LogP contribution in [-0.4, -0.2) is 169 Å². The van der Waals surface area contributed by atoms with E-state index in [9.17, 15) is 31.5 Å². The second-order valence-electron chi connectivity index (χ2n) is 11.6. The van der Waals surface area contributed by atoms with Crippen LogP contribution >= 0.6 is 0 Å². The number of ether oxygens (including phenoxy) is 11. The Morgan fingerprint density at radius 1 is 0.492 bits per heavy atom. The Morgan fingerprint density at radius 3 is 1.20 bits per heavy atom. The third kappa shape index (κ3) is 31.8. The van der Waals surface area contributed by atoms with Gasteiger partial charge < -0.3 is 88.5 Å². The molecule has 7 N–H and O–H groups in total. The molecule has 0 spiro atoms. The number of carbonyl (C=O) groups excluding carboxylic acids is 2. The minimum Gasteiger partial charge on any atom is -0.420 e. The number of esters is 1. The van der Waals surface area contributed by atoms with Gasteiger partial charge in [0.15, 0.2) is 0 Å². The molecule has 342 valence electrons. The van der Waals surface area contributed by atoms with Gasteiger partial charge in [0.1, 0.15) is 0 Å². The van der Waals surface area contributed by atoms with Crippen molar-refractivity contribution in [3.05, 3.63) is 42.9 Å². The molecule has 0 bridgehead atoms. The molecular formula is C36H61F5N4O13U. The topological polar surface area (TPSA) is 226 Å². The van der Waals surface area contributed by atoms with Crippen LogP contribution in [0.1, 0.15) is 12.8 Å². The van der Waals surface area contributed by atoms with Crippen LogP contribution in [0.4, 0.5) is 22.0 Å². The number of hydrogen-bond donors (Lipinski definition) is 4. The van der Waals surface area contributed by atoms with Gasteiger partial charge in [-0.1, -0.05) is 6.61 Å². The van der Waals surface area contributed by atoms with E-state index in [1.807, 2.05) is 0 Å². The SMILES string of the molecule is [CH2-]C(COCCOCCOCCN)(COCCOCCOCCN)NC(=O)CCOCCOCCC(=O)Oc1c(F)c(F)c(F)c(F)c1F.[CH2-]COCCOCCN.[U+2]. The van der Waals surface area contributed by atoms with Gasteiger partial charge in [0.25, 0.3) is 0 Å². The van der Waals surface area contributed by atoms with Crippen LogP contribution < -0.4 is 27.3 Å². The van der Waals surface area contributed by atoms with Gasteiger partial charge in [-0.05, 0) is 5.54 Å². The van der Waals surface area contributed by atoms with E-state index in [1.54, 1.807) is 0 Å². The molecule has 1 aromatic carbocycles. The summed E-state index contributed by atoms with van der Waals surface area (Å²) in [5.41, 5.74) is 14.7. The minimum absolute atomic E-state index is 0. The summed E-state index contributed by atoms with van der Waals surface area (Å²) < 4.78 is 124. The van der Waals surface area contributed by atoms with Crippen molar-refractivity contribution in [3.8, 4) is 5.75 Å². The molecule has 1 aromatic rings. The first-order chi connectivity index (χ1) is 28.0. The molecular weight excluding hydrogens is 1030 g/mol. The van der Waals surface area contributed by atoms with Crippen molar-refractivity contribution < 1.29 is 115 Å². The van der Waals surface area contributed by atoms with Crippen LogP contribution in [0.5, 0.6) is 5.75 Å². The molecule has 0 radical (unpaired) electrons. The monoisotopic (exact) mass is 1090 g/mol. The fourth-order valence-corrected chi connectivity index (χ4v) is 3.94. The van der Waals surface area contributed by atoms with Gasteiger partial charge in [0.2, 0.25) is 40.7 Å². The maximum Gasteiger partial charge on any atom is 2.00 e. The molecule has 0 saturated carbocycles. The summed E-state index contributed by atoms with van der Waals surface area (Å²) in [7, 11) is 0. The molecule has 0 aliphatic rings. The Hall–Kier alpha value is -1.66. The Morgan fingerprint density at radius 2 is 0.814 bits per heavy atom. The Labute approximate surface area is 366 Å². The average molecular weight is 1090 g/mol. The molecule has 59 heavy (non-hydrogen) atoms. The molecule has 1 amide bonds. The molecule has 1 rings (SSSR count). The molecule has 0 heterocycles. The van der Waals surface area contributed by atoms with E-state index in [1.165, 1.54) is 0 Å². The molecule has 0 saturated heterocycles. The first-order valence-corrected chi connectivity index (χ1v) is 18.5. The smallest absolute Gasteiger partial charge is 0.420 e. The van der Waals surface area contributed by atoms with Crippen LogP contribution in [0.2, 0.25) is 0 Å². The van der Waals surface area contributed by atoms with Crippen LogP contribution in [-0.2, 0) is 57.0 Å². The summed E-state index contributed by atoms with van der Waals surface area (Å²) >= 11 is 0. The summed E-state index contributed by atoms with van der Waals surface area (Å²) in [6.07, 6.45) is -0.606. The molecule has 17 nitrogen and oxygen atoms in total. The van der Waals surface area contributed by atoms with Crippen molar-refractivity contribution in [2.24, 2.45) is 17.2 Å². The van der Waals surface area contributed by atoms with Gasteiger partial charge in [-0.2, -0.15) is 8.78 Å². The Kier molecular flexibility index (Phi) is 40.7. The van der Waals surface area contributed by atoms with Crippen LogP contribution in [0.25, 0.3) is 0 Å². The van der Waals surface area contributed by atoms with Crippen molar-refractivity contribution in [1.82, 2.24) is 5.32 Å². The predicted molar refractivity (Wildman–Crippen MR) is 198 cm³/mol. The normalized spacial score (nSPS) is 11.2. The van der Waals surface area contributed by atoms with E-state index in [0.29, 0.717) is 98.9 Å². The number of amides is 1. The fraction of sp³-hybridized carbons (Fsp3) is 0.722. The van der Waals surface area contributed by atoms with Gasteiger partial charge in [0, 0.05) is 39.3 Å². The summed E-state index contributed by atoms with van der Waals surface area (Å²) in [5.74, 6) is -14.8. The summed E-state index contributed by atoms with van der Waals surface area (Å²) in [4.78, 5) is 24.4. The zero-order valence-electron chi connectivity index (χ0n) is 33.5. The number of rotatable bonds is 37. The minimum atomic E-state index is -2.37. The maximum atomic E-state index is 13.6. The summed E-state index contributed by atoms with van der Waals surface area (Å²) in [5, 5.41) is 2.78. The van der Waals surface area contributed by atoms with Crippen molar-refractivity contribution >= 4 is 11.9 Å². The second-order valence-corrected chi connectivity index (χ2v) is 11.6. The van der Waals surface area contributed by atoms with E-state index in [4.69, 9.17) is 64.6 Å². The maximum absolute atomic E-state index is 13.6. The fourth-order valence-electron chi connectivity index (χ4n) is 3.94. The Balaban J connectivity index is 0. The van der Waals surface area contributed by atoms with Crippen LogP contribution in [0.3, 0.4) is 0 Å². The third-order valence-corrected chi connectivity index (χ3v) is 6.63. The average Bonchev–Trinajstić information content (AvgIpc) is 3.21. The zero-order chi connectivity index (χ0) is 43.3. The molecule has 23 heteroatoms. The molecule has 0 aliphatic heterocycles. The van der Waals surface area contributed by atoms with E-state index in [2.05, 4.69) is 23.9 Å². The number of hydrogen-bond acceptors (Lipinski definition) is 16. The second kappa shape index (κ2) is 40.4. The van der Waals surface area contributed by atoms with Gasteiger partial charge in [-0.15, -0.1) is 0 Å². The van der Waals surface area contributed by atoms with E-state index in [0.717, 1.165) is 0 Å². The predicted octanol–water partition coefficient (Wildman–Crippen LogP) is 0.619. The first kappa shape index (κ1) is 59.4. The van der Waals surface area contributed by atoms with Crippen molar-refractivity contribution in [1.29, 1.82) is 0 Å². The van der Waals surface area contributed by atoms with Crippen molar-refractivity contribution in [2.75, 3.05) is 152 Å². The van der Waals surface area contributed by atoms with Gasteiger partial charge in [0.05, 0.1) is 119 Å². The largest absolute Gasteiger partial charge is 2.00 e. The quantitative estimate of drug-likeness (QED) is 0.0136. The van der Waals surface area contributed by atoms with Crippen LogP contribution in [0, 0.1) is 74.0 Å². The molecule has 0 fully saturated rings. The van der Waals surface area contributed by atoms with Crippen molar-refractivity contribution in [3.63, 3.8) is 0 Å². The van der Waals surface area contributed by atoms with E-state index in [-0.39, 0.29) is 90.4 Å². The third-order valence-electron chi connectivity index (χ3n) is 6.63. The summed E-state index contributed by atoms with van der Waals surface area (Å²) in [6, 6.07) is 0. The number of carbonyl (C=O) groups is 2. The molecule has 0 atom stereocenters. The molecule has 0 aromatic heterocycles. The van der Waals surface area contributed by atoms with Gasteiger partial charge in [-0.25, -0.2) is 13.2 Å². The zero-order valence-corrected chi connectivity index (χ0v) is 37.7. The van der Waals surface area contributed by atoms with E-state index >= 15 is 0 Å². The van der Waals surface area contributed by atoms with Gasteiger partial charge in [-0.3, -0.25) is 9.59 Å².